The van der Waals surface area contributed by atoms with Crippen LogP contribution in [0.1, 0.15) is 0 Å². The van der Waals surface area contributed by atoms with Crippen molar-refractivity contribution in [2.75, 3.05) is 5.75 Å². The Balaban J connectivity index is 2.09. The van der Waals surface area contributed by atoms with Crippen molar-refractivity contribution in [2.24, 2.45) is 0 Å². The Bertz CT molecular complexity index is 833. The maximum Gasteiger partial charge on any atom is 0.314 e. The summed E-state index contributed by atoms with van der Waals surface area (Å²) in [7, 11) is 0. The summed E-state index contributed by atoms with van der Waals surface area (Å²) in [5.74, 6) is -0.369. The van der Waals surface area contributed by atoms with Gasteiger partial charge in [-0.1, -0.05) is 76.2 Å². The number of aromatic nitrogens is 1. The highest BCUT2D eigenvalue weighted by Gasteiger charge is 2.19. The minimum Gasteiger partial charge on any atom is -0.481 e. The van der Waals surface area contributed by atoms with Gasteiger partial charge in [0.05, 0.1) is 0 Å². The fourth-order valence-electron chi connectivity index (χ4n) is 2.11. The van der Waals surface area contributed by atoms with Crippen molar-refractivity contribution in [3.63, 3.8) is 0 Å². The summed E-state index contributed by atoms with van der Waals surface area (Å²) in [6.07, 6.45) is 0. The van der Waals surface area contributed by atoms with Gasteiger partial charge in [0.1, 0.15) is 11.4 Å². The van der Waals surface area contributed by atoms with Crippen LogP contribution in [-0.4, -0.2) is 21.8 Å². The molecule has 116 valence electrons. The highest BCUT2D eigenvalue weighted by Crippen LogP contribution is 2.38. The lowest BCUT2D eigenvalue weighted by Gasteiger charge is -2.03. The van der Waals surface area contributed by atoms with Crippen molar-refractivity contribution in [3.8, 4) is 22.6 Å². The number of hydrogen-bond donors (Lipinski definition) is 1. The van der Waals surface area contributed by atoms with Crippen LogP contribution in [0.4, 0.5) is 0 Å². The largest absolute Gasteiger partial charge is 0.481 e. The Labute approximate surface area is 145 Å². The van der Waals surface area contributed by atoms with E-state index in [-0.39, 0.29) is 5.75 Å². The van der Waals surface area contributed by atoms with Gasteiger partial charge in [0.2, 0.25) is 0 Å². The number of oxazole rings is 1. The first-order valence-corrected chi connectivity index (χ1v) is 8.59. The van der Waals surface area contributed by atoms with E-state index in [0.717, 1.165) is 27.4 Å². The zero-order valence-corrected chi connectivity index (χ0v) is 14.3. The van der Waals surface area contributed by atoms with Crippen LogP contribution < -0.4 is 0 Å². The molecule has 3 aromatic rings. The molecular weight excluding hydrogens is 378 g/mol. The molecule has 1 aromatic heterocycles. The smallest absolute Gasteiger partial charge is 0.314 e. The number of rotatable bonds is 5. The molecule has 0 unspecified atom stereocenters. The van der Waals surface area contributed by atoms with E-state index in [2.05, 4.69) is 20.9 Å². The average molecular weight is 390 g/mol. The fourth-order valence-corrected chi connectivity index (χ4v) is 3.12. The Kier molecular flexibility index (Phi) is 4.83. The number of halogens is 1. The minimum atomic E-state index is -0.906. The predicted molar refractivity (Wildman–Crippen MR) is 93.4 cm³/mol. The molecule has 0 aliphatic carbocycles. The van der Waals surface area contributed by atoms with E-state index in [9.17, 15) is 4.79 Å². The zero-order chi connectivity index (χ0) is 16.2. The fraction of sp³-hybridized carbons (Fsp3) is 0.0588. The third-order valence-corrected chi connectivity index (χ3v) is 4.60. The summed E-state index contributed by atoms with van der Waals surface area (Å²) in [4.78, 5) is 15.3. The standard InChI is InChI=1S/C17H12BrNO3S/c18-13-9-5-4-8-12(13)15-16(11-6-2-1-3-7-11)22-17(19-15)23-10-14(20)21/h1-9H,10H2,(H,20,21). The van der Waals surface area contributed by atoms with Crippen LogP contribution in [0.2, 0.25) is 0 Å². The molecule has 0 bridgehead atoms. The van der Waals surface area contributed by atoms with Gasteiger partial charge in [0, 0.05) is 15.6 Å². The topological polar surface area (TPSA) is 63.3 Å². The highest BCUT2D eigenvalue weighted by atomic mass is 79.9. The van der Waals surface area contributed by atoms with Crippen LogP contribution in [0.25, 0.3) is 22.6 Å². The van der Waals surface area contributed by atoms with Crippen molar-refractivity contribution in [2.45, 2.75) is 5.22 Å². The van der Waals surface area contributed by atoms with Crippen LogP contribution in [0.15, 0.2) is 68.7 Å². The molecule has 0 radical (unpaired) electrons. The van der Waals surface area contributed by atoms with E-state index in [1.54, 1.807) is 0 Å². The molecule has 0 spiro atoms. The monoisotopic (exact) mass is 389 g/mol. The summed E-state index contributed by atoms with van der Waals surface area (Å²) in [5, 5.41) is 9.18. The number of hydrogen-bond acceptors (Lipinski definition) is 4. The van der Waals surface area contributed by atoms with Gasteiger partial charge in [-0.15, -0.1) is 0 Å². The molecule has 0 saturated heterocycles. The number of aliphatic carboxylic acids is 1. The number of carboxylic acids is 1. The minimum absolute atomic E-state index is 0.0931. The maximum atomic E-state index is 10.8. The molecule has 0 saturated carbocycles. The van der Waals surface area contributed by atoms with Crippen molar-refractivity contribution in [1.29, 1.82) is 0 Å². The molecule has 23 heavy (non-hydrogen) atoms. The van der Waals surface area contributed by atoms with Gasteiger partial charge in [-0.2, -0.15) is 0 Å². The van der Waals surface area contributed by atoms with Crippen LogP contribution >= 0.6 is 27.7 Å². The van der Waals surface area contributed by atoms with Gasteiger partial charge < -0.3 is 9.52 Å². The van der Waals surface area contributed by atoms with Gasteiger partial charge in [0.25, 0.3) is 5.22 Å². The van der Waals surface area contributed by atoms with Crippen LogP contribution in [0.3, 0.4) is 0 Å². The molecule has 6 heteroatoms. The van der Waals surface area contributed by atoms with E-state index >= 15 is 0 Å². The SMILES string of the molecule is O=C(O)CSc1nc(-c2ccccc2Br)c(-c2ccccc2)o1. The second-order valence-corrected chi connectivity index (χ2v) is 6.47. The Morgan fingerprint density at radius 3 is 2.52 bits per heavy atom. The quantitative estimate of drug-likeness (QED) is 0.625. The Hall–Kier alpha value is -2.05. The summed E-state index contributed by atoms with van der Waals surface area (Å²) in [5.41, 5.74) is 2.49. The lowest BCUT2D eigenvalue weighted by molar-refractivity contribution is -0.133. The normalized spacial score (nSPS) is 10.7. The van der Waals surface area contributed by atoms with Gasteiger partial charge in [-0.25, -0.2) is 4.98 Å². The number of carbonyl (C=O) groups is 1. The third-order valence-electron chi connectivity index (χ3n) is 3.09. The van der Waals surface area contributed by atoms with Gasteiger partial charge >= 0.3 is 5.97 Å². The van der Waals surface area contributed by atoms with Gasteiger partial charge in [0.15, 0.2) is 5.76 Å². The molecule has 4 nitrogen and oxygen atoms in total. The number of nitrogens with zero attached hydrogens (tertiary/aromatic N) is 1. The zero-order valence-electron chi connectivity index (χ0n) is 11.9. The van der Waals surface area contributed by atoms with E-state index < -0.39 is 5.97 Å². The van der Waals surface area contributed by atoms with Crippen molar-refractivity contribution in [1.82, 2.24) is 4.98 Å². The maximum absolute atomic E-state index is 10.8. The lowest BCUT2D eigenvalue weighted by atomic mass is 10.1. The molecule has 3 rings (SSSR count). The van der Waals surface area contributed by atoms with Crippen LogP contribution in [0.5, 0.6) is 0 Å². The van der Waals surface area contributed by atoms with E-state index in [1.165, 1.54) is 0 Å². The molecule has 0 fully saturated rings. The second-order valence-electron chi connectivity index (χ2n) is 4.69. The summed E-state index contributed by atoms with van der Waals surface area (Å²) < 4.78 is 6.73. The van der Waals surface area contributed by atoms with E-state index in [1.807, 2.05) is 54.6 Å². The van der Waals surface area contributed by atoms with Crippen LogP contribution in [0, 0.1) is 0 Å². The Morgan fingerprint density at radius 2 is 1.83 bits per heavy atom. The molecule has 0 amide bonds. The summed E-state index contributed by atoms with van der Waals surface area (Å²) >= 11 is 4.59. The molecular formula is C17H12BrNO3S. The molecule has 1 heterocycles. The lowest BCUT2D eigenvalue weighted by Crippen LogP contribution is -1.97. The Morgan fingerprint density at radius 1 is 1.13 bits per heavy atom. The first-order valence-electron chi connectivity index (χ1n) is 6.81. The number of benzene rings is 2. The summed E-state index contributed by atoms with van der Waals surface area (Å²) in [6, 6.07) is 17.4. The second kappa shape index (κ2) is 7.02. The molecule has 0 aliphatic rings. The molecule has 0 aliphatic heterocycles. The van der Waals surface area contributed by atoms with Crippen molar-refractivity contribution >= 4 is 33.7 Å². The van der Waals surface area contributed by atoms with Crippen LogP contribution in [-0.2, 0) is 4.79 Å². The third kappa shape index (κ3) is 3.65. The predicted octanol–water partition coefficient (Wildman–Crippen LogP) is 4.95. The van der Waals surface area contributed by atoms with E-state index in [4.69, 9.17) is 9.52 Å². The van der Waals surface area contributed by atoms with Gasteiger partial charge in [-0.05, 0) is 6.07 Å². The number of thioether (sulfide) groups is 1. The first kappa shape index (κ1) is 15.8. The van der Waals surface area contributed by atoms with E-state index in [0.29, 0.717) is 16.7 Å². The van der Waals surface area contributed by atoms with Gasteiger partial charge in [-0.3, -0.25) is 4.79 Å². The molecule has 0 atom stereocenters. The molecule has 2 aromatic carbocycles. The average Bonchev–Trinajstić information content (AvgIpc) is 2.98. The first-order chi connectivity index (χ1) is 11.1. The van der Waals surface area contributed by atoms with Crippen molar-refractivity contribution < 1.29 is 14.3 Å². The summed E-state index contributed by atoms with van der Waals surface area (Å²) in [6.45, 7) is 0. The van der Waals surface area contributed by atoms with Crippen molar-refractivity contribution in [3.05, 3.63) is 59.1 Å². The number of carboxylic acid groups (broad SMARTS) is 1. The highest BCUT2D eigenvalue weighted by molar-refractivity contribution is 9.10. The molecule has 1 N–H and O–H groups in total.